The number of carbonyl (C=O) groups excluding carboxylic acids is 1. The summed E-state index contributed by atoms with van der Waals surface area (Å²) in [6.45, 7) is 0. The molecule has 4 nitrogen and oxygen atoms in total. The summed E-state index contributed by atoms with van der Waals surface area (Å²) < 4.78 is 5.58. The lowest BCUT2D eigenvalue weighted by Gasteiger charge is -2.03. The lowest BCUT2D eigenvalue weighted by molar-refractivity contribution is 0.0997. The van der Waals surface area contributed by atoms with E-state index in [1.807, 2.05) is 18.2 Å². The second kappa shape index (κ2) is 6.39. The molecule has 0 aliphatic carbocycles. The predicted octanol–water partition coefficient (Wildman–Crippen LogP) is 4.72. The number of anilines is 1. The maximum atomic E-state index is 12.2. The second-order valence-electron chi connectivity index (χ2n) is 4.82. The van der Waals surface area contributed by atoms with E-state index in [9.17, 15) is 4.79 Å². The first-order valence-corrected chi connectivity index (χ1v) is 7.21. The summed E-state index contributed by atoms with van der Waals surface area (Å²) in [5, 5.41) is 12.2. The molecule has 0 spiro atoms. The highest BCUT2D eigenvalue weighted by Crippen LogP contribution is 2.24. The van der Waals surface area contributed by atoms with Crippen LogP contribution >= 0.6 is 11.6 Å². The molecular formula is C18H11ClN2O2. The number of halogens is 1. The fourth-order valence-electron chi connectivity index (χ4n) is 2.09. The van der Waals surface area contributed by atoms with Crippen molar-refractivity contribution >= 4 is 23.2 Å². The van der Waals surface area contributed by atoms with Crippen LogP contribution < -0.4 is 5.32 Å². The maximum absolute atomic E-state index is 12.2. The number of benzene rings is 2. The van der Waals surface area contributed by atoms with Gasteiger partial charge in [-0.2, -0.15) is 5.26 Å². The van der Waals surface area contributed by atoms with E-state index in [-0.39, 0.29) is 11.7 Å². The Kier molecular flexibility index (Phi) is 4.13. The number of nitriles is 1. The van der Waals surface area contributed by atoms with Crippen molar-refractivity contribution in [3.63, 3.8) is 0 Å². The minimum atomic E-state index is -0.375. The fraction of sp³-hybridized carbons (Fsp3) is 0. The van der Waals surface area contributed by atoms with Gasteiger partial charge in [0, 0.05) is 16.3 Å². The van der Waals surface area contributed by atoms with Gasteiger partial charge in [-0.05, 0) is 54.6 Å². The quantitative estimate of drug-likeness (QED) is 0.758. The Morgan fingerprint density at radius 1 is 1.09 bits per heavy atom. The molecule has 112 valence electrons. The number of nitrogens with one attached hydrogen (secondary N) is 1. The van der Waals surface area contributed by atoms with Crippen molar-refractivity contribution < 1.29 is 9.21 Å². The van der Waals surface area contributed by atoms with Gasteiger partial charge >= 0.3 is 0 Å². The molecule has 0 atom stereocenters. The number of amides is 1. The molecule has 0 radical (unpaired) electrons. The Balaban J connectivity index is 1.78. The van der Waals surface area contributed by atoms with E-state index in [1.54, 1.807) is 48.5 Å². The van der Waals surface area contributed by atoms with Crippen LogP contribution in [0.4, 0.5) is 5.69 Å². The van der Waals surface area contributed by atoms with Crippen LogP contribution in [0.1, 0.15) is 16.1 Å². The Morgan fingerprint density at radius 3 is 2.61 bits per heavy atom. The van der Waals surface area contributed by atoms with Crippen LogP contribution in [0.5, 0.6) is 0 Å². The highest BCUT2D eigenvalue weighted by molar-refractivity contribution is 6.30. The first-order valence-electron chi connectivity index (χ1n) is 6.83. The Morgan fingerprint density at radius 2 is 1.87 bits per heavy atom. The van der Waals surface area contributed by atoms with Crippen molar-refractivity contribution in [1.29, 1.82) is 5.26 Å². The zero-order valence-corrected chi connectivity index (χ0v) is 12.7. The Hall–Kier alpha value is -3.03. The molecule has 0 fully saturated rings. The van der Waals surface area contributed by atoms with Crippen LogP contribution in [0.25, 0.3) is 11.3 Å². The molecule has 0 bridgehead atoms. The van der Waals surface area contributed by atoms with Crippen molar-refractivity contribution in [2.24, 2.45) is 0 Å². The Labute approximate surface area is 137 Å². The van der Waals surface area contributed by atoms with Crippen LogP contribution in [0, 0.1) is 11.3 Å². The monoisotopic (exact) mass is 322 g/mol. The largest absolute Gasteiger partial charge is 0.451 e. The Bertz CT molecular complexity index is 892. The van der Waals surface area contributed by atoms with Crippen molar-refractivity contribution in [1.82, 2.24) is 0 Å². The maximum Gasteiger partial charge on any atom is 0.291 e. The lowest BCUT2D eigenvalue weighted by atomic mass is 10.2. The number of furan rings is 1. The number of carbonyl (C=O) groups is 1. The lowest BCUT2D eigenvalue weighted by Crippen LogP contribution is -2.10. The van der Waals surface area contributed by atoms with Gasteiger partial charge in [-0.3, -0.25) is 4.79 Å². The fourth-order valence-corrected chi connectivity index (χ4v) is 2.21. The molecule has 0 saturated heterocycles. The molecule has 0 aliphatic heterocycles. The highest BCUT2D eigenvalue weighted by atomic mass is 35.5. The van der Waals surface area contributed by atoms with E-state index >= 15 is 0 Å². The van der Waals surface area contributed by atoms with Gasteiger partial charge in [0.15, 0.2) is 5.76 Å². The third-order valence-electron chi connectivity index (χ3n) is 3.21. The smallest absolute Gasteiger partial charge is 0.291 e. The van der Waals surface area contributed by atoms with Crippen LogP contribution in [-0.2, 0) is 0 Å². The molecular weight excluding hydrogens is 312 g/mol. The first-order chi connectivity index (χ1) is 11.2. The molecule has 1 amide bonds. The molecule has 0 unspecified atom stereocenters. The van der Waals surface area contributed by atoms with Gasteiger partial charge in [0.2, 0.25) is 0 Å². The van der Waals surface area contributed by atoms with Crippen molar-refractivity contribution in [3.05, 3.63) is 77.0 Å². The normalized spacial score (nSPS) is 10.1. The van der Waals surface area contributed by atoms with Crippen LogP contribution in [0.15, 0.2) is 65.1 Å². The minimum Gasteiger partial charge on any atom is -0.451 e. The van der Waals surface area contributed by atoms with Crippen molar-refractivity contribution in [2.75, 3.05) is 5.32 Å². The second-order valence-corrected chi connectivity index (χ2v) is 5.25. The average molecular weight is 323 g/mol. The number of nitrogens with zero attached hydrogens (tertiary/aromatic N) is 1. The van der Waals surface area contributed by atoms with E-state index in [1.165, 1.54) is 0 Å². The van der Waals surface area contributed by atoms with Gasteiger partial charge in [0.25, 0.3) is 5.91 Å². The van der Waals surface area contributed by atoms with E-state index < -0.39 is 0 Å². The van der Waals surface area contributed by atoms with Gasteiger partial charge in [-0.25, -0.2) is 0 Å². The van der Waals surface area contributed by atoms with E-state index in [2.05, 4.69) is 5.32 Å². The van der Waals surface area contributed by atoms with Crippen LogP contribution in [-0.4, -0.2) is 5.91 Å². The van der Waals surface area contributed by atoms with E-state index in [4.69, 9.17) is 21.3 Å². The molecule has 1 N–H and O–H groups in total. The third-order valence-corrected chi connectivity index (χ3v) is 3.46. The van der Waals surface area contributed by atoms with Gasteiger partial charge in [-0.1, -0.05) is 17.7 Å². The summed E-state index contributed by atoms with van der Waals surface area (Å²) in [7, 11) is 0. The SMILES string of the molecule is N#Cc1cccc(NC(=O)c2ccc(-c3ccc(Cl)cc3)o2)c1. The zero-order valence-electron chi connectivity index (χ0n) is 11.9. The van der Waals surface area contributed by atoms with E-state index in [0.717, 1.165) is 5.56 Å². The molecule has 3 aromatic rings. The highest BCUT2D eigenvalue weighted by Gasteiger charge is 2.12. The summed E-state index contributed by atoms with van der Waals surface area (Å²) in [6, 6.07) is 19.2. The molecule has 3 rings (SSSR count). The summed E-state index contributed by atoms with van der Waals surface area (Å²) in [5.41, 5.74) is 1.85. The molecule has 5 heteroatoms. The summed E-state index contributed by atoms with van der Waals surface area (Å²) in [6.07, 6.45) is 0. The third kappa shape index (κ3) is 3.42. The molecule has 1 aromatic heterocycles. The van der Waals surface area contributed by atoms with Gasteiger partial charge < -0.3 is 9.73 Å². The molecule has 23 heavy (non-hydrogen) atoms. The van der Waals surface area contributed by atoms with Crippen LogP contribution in [0.2, 0.25) is 5.02 Å². The van der Waals surface area contributed by atoms with Gasteiger partial charge in [-0.15, -0.1) is 0 Å². The van der Waals surface area contributed by atoms with Gasteiger partial charge in [0.1, 0.15) is 5.76 Å². The zero-order chi connectivity index (χ0) is 16.2. The summed E-state index contributed by atoms with van der Waals surface area (Å²) >= 11 is 5.85. The molecule has 0 aliphatic rings. The van der Waals surface area contributed by atoms with Crippen molar-refractivity contribution in [3.8, 4) is 17.4 Å². The first kappa shape index (κ1) is 14.9. The van der Waals surface area contributed by atoms with Crippen molar-refractivity contribution in [2.45, 2.75) is 0 Å². The molecule has 0 saturated carbocycles. The van der Waals surface area contributed by atoms with E-state index in [0.29, 0.717) is 22.0 Å². The molecule has 1 heterocycles. The average Bonchev–Trinajstić information content (AvgIpc) is 3.06. The minimum absolute atomic E-state index is 0.192. The van der Waals surface area contributed by atoms with Crippen LogP contribution in [0.3, 0.4) is 0 Å². The number of hydrogen-bond acceptors (Lipinski definition) is 3. The van der Waals surface area contributed by atoms with Gasteiger partial charge in [0.05, 0.1) is 11.6 Å². The standard InChI is InChI=1S/C18H11ClN2O2/c19-14-6-4-13(5-7-14)16-8-9-17(23-16)18(22)21-15-3-1-2-12(10-15)11-20/h1-10H,(H,21,22). The topological polar surface area (TPSA) is 66.0 Å². The number of hydrogen-bond donors (Lipinski definition) is 1. The number of rotatable bonds is 3. The summed E-state index contributed by atoms with van der Waals surface area (Å²) in [5.74, 6) is 0.398. The predicted molar refractivity (Wildman–Crippen MR) is 88.3 cm³/mol. The molecule has 2 aromatic carbocycles. The summed E-state index contributed by atoms with van der Waals surface area (Å²) in [4.78, 5) is 12.2.